The Kier molecular flexibility index (Phi) is 3.98. The van der Waals surface area contributed by atoms with E-state index in [0.717, 1.165) is 5.56 Å². The molecule has 3 rings (SSSR count). The minimum atomic E-state index is -0.740. The quantitative estimate of drug-likeness (QED) is 0.750. The van der Waals surface area contributed by atoms with Gasteiger partial charge in [0.05, 0.1) is 16.9 Å². The number of hydrogen-bond acceptors (Lipinski definition) is 4. The van der Waals surface area contributed by atoms with E-state index in [1.54, 1.807) is 31.2 Å². The maximum Gasteiger partial charge on any atom is 0.343 e. The van der Waals surface area contributed by atoms with Crippen molar-refractivity contribution >= 4 is 16.8 Å². The summed E-state index contributed by atoms with van der Waals surface area (Å²) in [6.07, 6.45) is 0.202. The van der Waals surface area contributed by atoms with Crippen molar-refractivity contribution in [3.63, 3.8) is 0 Å². The molecule has 0 fully saturated rings. The van der Waals surface area contributed by atoms with Gasteiger partial charge in [-0.25, -0.2) is 4.79 Å². The van der Waals surface area contributed by atoms with Gasteiger partial charge in [0.15, 0.2) is 0 Å². The molecule has 1 heterocycles. The lowest BCUT2D eigenvalue weighted by Gasteiger charge is -2.12. The Balaban J connectivity index is 1.99. The van der Waals surface area contributed by atoms with Gasteiger partial charge in [0, 0.05) is 6.42 Å². The maximum atomic E-state index is 12.5. The second-order valence-corrected chi connectivity index (χ2v) is 5.50. The zero-order chi connectivity index (χ0) is 16.4. The lowest BCUT2D eigenvalue weighted by molar-refractivity contribution is -0.119. The summed E-state index contributed by atoms with van der Waals surface area (Å²) in [6.45, 7) is 1.62. The van der Waals surface area contributed by atoms with Crippen LogP contribution in [0.5, 0.6) is 5.75 Å². The van der Waals surface area contributed by atoms with Crippen molar-refractivity contribution in [1.82, 2.24) is 0 Å². The molecule has 4 heteroatoms. The number of ketones is 1. The normalized spacial score (nSPS) is 12.2. The fraction of sp³-hybridized carbons (Fsp3) is 0.158. The molecule has 1 aromatic heterocycles. The number of rotatable bonds is 4. The molecule has 2 aromatic carbocycles. The monoisotopic (exact) mass is 308 g/mol. The molecule has 0 aliphatic heterocycles. The zero-order valence-corrected chi connectivity index (χ0v) is 12.7. The molecular formula is C19H16O4. The van der Waals surface area contributed by atoms with Crippen LogP contribution < -0.4 is 5.63 Å². The summed E-state index contributed by atoms with van der Waals surface area (Å²) in [6, 6.07) is 16.0. The zero-order valence-electron chi connectivity index (χ0n) is 12.7. The van der Waals surface area contributed by atoms with E-state index in [4.69, 9.17) is 4.42 Å². The molecule has 0 aliphatic rings. The van der Waals surface area contributed by atoms with Crippen LogP contribution >= 0.6 is 0 Å². The summed E-state index contributed by atoms with van der Waals surface area (Å²) in [5.74, 6) is -1.06. The smallest absolute Gasteiger partial charge is 0.343 e. The van der Waals surface area contributed by atoms with Crippen LogP contribution in [0.2, 0.25) is 0 Å². The van der Waals surface area contributed by atoms with Crippen LogP contribution in [-0.4, -0.2) is 10.9 Å². The third-order valence-electron chi connectivity index (χ3n) is 3.96. The molecule has 1 unspecified atom stereocenters. The highest BCUT2D eigenvalue weighted by Crippen LogP contribution is 2.31. The minimum absolute atomic E-state index is 0.0182. The number of Topliss-reactive ketones (excluding diaryl/α,β-unsaturated/α-hetero) is 1. The molecule has 4 nitrogen and oxygen atoms in total. The third kappa shape index (κ3) is 2.88. The Hall–Kier alpha value is -2.88. The molecule has 3 aromatic rings. The summed E-state index contributed by atoms with van der Waals surface area (Å²) in [5.41, 5.74) is 0.523. The second-order valence-electron chi connectivity index (χ2n) is 5.50. The maximum absolute atomic E-state index is 12.5. The van der Waals surface area contributed by atoms with Crippen LogP contribution in [0.25, 0.3) is 11.0 Å². The first-order chi connectivity index (χ1) is 11.1. The van der Waals surface area contributed by atoms with E-state index in [0.29, 0.717) is 11.0 Å². The molecule has 0 saturated carbocycles. The Morgan fingerprint density at radius 2 is 1.74 bits per heavy atom. The molecule has 0 radical (unpaired) electrons. The summed E-state index contributed by atoms with van der Waals surface area (Å²) in [5, 5.41) is 10.8. The van der Waals surface area contributed by atoms with Gasteiger partial charge in [-0.1, -0.05) is 49.4 Å². The Morgan fingerprint density at radius 1 is 1.09 bits per heavy atom. The topological polar surface area (TPSA) is 67.5 Å². The molecule has 0 bridgehead atoms. The van der Waals surface area contributed by atoms with Gasteiger partial charge in [-0.3, -0.25) is 4.79 Å². The first-order valence-electron chi connectivity index (χ1n) is 7.39. The molecular weight excluding hydrogens is 292 g/mol. The van der Waals surface area contributed by atoms with E-state index in [-0.39, 0.29) is 23.5 Å². The SMILES string of the molecule is CC(C(=O)Cc1ccccc1)c1c(O)c2ccccc2oc1=O. The van der Waals surface area contributed by atoms with Gasteiger partial charge in [-0.15, -0.1) is 0 Å². The standard InChI is InChI=1S/C19H16O4/c1-12(15(20)11-13-7-3-2-4-8-13)17-18(21)14-9-5-6-10-16(14)23-19(17)22/h2-10,12,21H,11H2,1H3. The fourth-order valence-corrected chi connectivity index (χ4v) is 2.64. The van der Waals surface area contributed by atoms with Gasteiger partial charge in [0.25, 0.3) is 0 Å². The summed E-state index contributed by atoms with van der Waals surface area (Å²) >= 11 is 0. The molecule has 0 aliphatic carbocycles. The van der Waals surface area contributed by atoms with Crippen molar-refractivity contribution < 1.29 is 14.3 Å². The van der Waals surface area contributed by atoms with Crippen molar-refractivity contribution in [3.8, 4) is 5.75 Å². The molecule has 0 saturated heterocycles. The molecule has 0 spiro atoms. The van der Waals surface area contributed by atoms with Crippen LogP contribution in [0.15, 0.2) is 63.8 Å². The highest BCUT2D eigenvalue weighted by molar-refractivity contribution is 5.91. The molecule has 116 valence electrons. The molecule has 0 amide bonds. The van der Waals surface area contributed by atoms with Crippen LogP contribution in [0.3, 0.4) is 0 Å². The molecule has 1 atom stereocenters. The molecule has 23 heavy (non-hydrogen) atoms. The van der Waals surface area contributed by atoms with Crippen LogP contribution in [0, 0.1) is 0 Å². The highest BCUT2D eigenvalue weighted by atomic mass is 16.4. The average molecular weight is 308 g/mol. The summed E-state index contributed by atoms with van der Waals surface area (Å²) in [4.78, 5) is 24.6. The Labute approximate surface area is 133 Å². The van der Waals surface area contributed by atoms with Gasteiger partial charge in [0.2, 0.25) is 0 Å². The fourth-order valence-electron chi connectivity index (χ4n) is 2.64. The minimum Gasteiger partial charge on any atom is -0.507 e. The number of fused-ring (bicyclic) bond motifs is 1. The van der Waals surface area contributed by atoms with Crippen LogP contribution in [-0.2, 0) is 11.2 Å². The van der Waals surface area contributed by atoms with Gasteiger partial charge in [-0.05, 0) is 17.7 Å². The molecule has 1 N–H and O–H groups in total. The predicted octanol–water partition coefficient (Wildman–Crippen LogP) is 3.41. The van der Waals surface area contributed by atoms with Crippen molar-refractivity contribution in [3.05, 3.63) is 76.1 Å². The van der Waals surface area contributed by atoms with Crippen molar-refractivity contribution in [2.24, 2.45) is 0 Å². The van der Waals surface area contributed by atoms with Crippen LogP contribution in [0.4, 0.5) is 0 Å². The number of benzene rings is 2. The van der Waals surface area contributed by atoms with E-state index < -0.39 is 11.5 Å². The largest absolute Gasteiger partial charge is 0.507 e. The van der Waals surface area contributed by atoms with Gasteiger partial charge in [0.1, 0.15) is 17.1 Å². The first kappa shape index (κ1) is 15.0. The van der Waals surface area contributed by atoms with Gasteiger partial charge >= 0.3 is 5.63 Å². The Bertz CT molecular complexity index is 910. The lowest BCUT2D eigenvalue weighted by atomic mass is 9.92. The van der Waals surface area contributed by atoms with E-state index in [9.17, 15) is 14.7 Å². The third-order valence-corrected chi connectivity index (χ3v) is 3.96. The average Bonchev–Trinajstić information content (AvgIpc) is 2.55. The van der Waals surface area contributed by atoms with E-state index >= 15 is 0 Å². The van der Waals surface area contributed by atoms with E-state index in [2.05, 4.69) is 0 Å². The Morgan fingerprint density at radius 3 is 2.48 bits per heavy atom. The van der Waals surface area contributed by atoms with Crippen LogP contribution in [0.1, 0.15) is 24.0 Å². The number of para-hydroxylation sites is 1. The summed E-state index contributed by atoms with van der Waals surface area (Å²) < 4.78 is 5.23. The number of carbonyl (C=O) groups excluding carboxylic acids is 1. The number of hydrogen-bond donors (Lipinski definition) is 1. The van der Waals surface area contributed by atoms with Crippen molar-refractivity contribution in [2.45, 2.75) is 19.3 Å². The van der Waals surface area contributed by atoms with E-state index in [1.807, 2.05) is 30.3 Å². The lowest BCUT2D eigenvalue weighted by Crippen LogP contribution is -2.19. The summed E-state index contributed by atoms with van der Waals surface area (Å²) in [7, 11) is 0. The van der Waals surface area contributed by atoms with Crippen molar-refractivity contribution in [1.29, 1.82) is 0 Å². The second kappa shape index (κ2) is 6.08. The first-order valence-corrected chi connectivity index (χ1v) is 7.39. The predicted molar refractivity (Wildman–Crippen MR) is 87.7 cm³/mol. The van der Waals surface area contributed by atoms with Gasteiger partial charge in [-0.2, -0.15) is 0 Å². The van der Waals surface area contributed by atoms with E-state index in [1.165, 1.54) is 0 Å². The number of carbonyl (C=O) groups is 1. The number of aromatic hydroxyl groups is 1. The van der Waals surface area contributed by atoms with Gasteiger partial charge < -0.3 is 9.52 Å². The highest BCUT2D eigenvalue weighted by Gasteiger charge is 2.25. The van der Waals surface area contributed by atoms with Crippen molar-refractivity contribution in [2.75, 3.05) is 0 Å².